The predicted octanol–water partition coefficient (Wildman–Crippen LogP) is 6.92. The summed E-state index contributed by atoms with van der Waals surface area (Å²) < 4.78 is 0. The fourth-order valence-electron chi connectivity index (χ4n) is 4.35. The van der Waals surface area contributed by atoms with Gasteiger partial charge in [-0.1, -0.05) is 63.3 Å². The van der Waals surface area contributed by atoms with E-state index in [2.05, 4.69) is 38.2 Å². The zero-order valence-corrected chi connectivity index (χ0v) is 14.4. The summed E-state index contributed by atoms with van der Waals surface area (Å²) in [4.78, 5) is 0. The van der Waals surface area contributed by atoms with Crippen LogP contribution >= 0.6 is 0 Å². The van der Waals surface area contributed by atoms with Gasteiger partial charge in [0.05, 0.1) is 0 Å². The molecule has 0 heterocycles. The molecule has 2 aliphatic carbocycles. The fourth-order valence-corrected chi connectivity index (χ4v) is 4.35. The van der Waals surface area contributed by atoms with Gasteiger partial charge in [-0.3, -0.25) is 0 Å². The van der Waals surface area contributed by atoms with Gasteiger partial charge in [-0.05, 0) is 69.1 Å². The van der Waals surface area contributed by atoms with E-state index in [1.54, 1.807) is 0 Å². The molecular formula is C21H36. The first-order valence-electron chi connectivity index (χ1n) is 9.61. The van der Waals surface area contributed by atoms with Crippen LogP contribution in [0.1, 0.15) is 84.5 Å². The Kier molecular flexibility index (Phi) is 7.61. The Hall–Kier alpha value is -0.520. The molecule has 120 valence electrons. The van der Waals surface area contributed by atoms with Gasteiger partial charge in [0, 0.05) is 0 Å². The minimum absolute atomic E-state index is 0.869. The molecular weight excluding hydrogens is 252 g/mol. The van der Waals surface area contributed by atoms with Crippen molar-refractivity contribution >= 4 is 0 Å². The summed E-state index contributed by atoms with van der Waals surface area (Å²) in [5, 5.41) is 0. The minimum Gasteiger partial charge on any atom is -0.0914 e. The van der Waals surface area contributed by atoms with Gasteiger partial charge in [0.2, 0.25) is 0 Å². The van der Waals surface area contributed by atoms with Crippen LogP contribution in [0, 0.1) is 23.7 Å². The van der Waals surface area contributed by atoms with Gasteiger partial charge < -0.3 is 0 Å². The third kappa shape index (κ3) is 6.01. The SMILES string of the molecule is CC=C[C@H]1CC[C@H](C=CCC[C@H]2CC[C@H](CC)CC2)CC1. The molecule has 2 aliphatic rings. The summed E-state index contributed by atoms with van der Waals surface area (Å²) in [6.07, 6.45) is 25.5. The number of rotatable bonds is 6. The van der Waals surface area contributed by atoms with E-state index >= 15 is 0 Å². The summed E-state index contributed by atoms with van der Waals surface area (Å²) in [6.45, 7) is 4.51. The first-order chi connectivity index (χ1) is 10.3. The zero-order chi connectivity index (χ0) is 14.9. The number of hydrogen-bond donors (Lipinski definition) is 0. The van der Waals surface area contributed by atoms with Gasteiger partial charge >= 0.3 is 0 Å². The maximum absolute atomic E-state index is 2.55. The second-order valence-corrected chi connectivity index (χ2v) is 7.50. The molecule has 2 fully saturated rings. The largest absolute Gasteiger partial charge is 0.0914 e. The highest BCUT2D eigenvalue weighted by Gasteiger charge is 2.19. The van der Waals surface area contributed by atoms with Gasteiger partial charge in [0.15, 0.2) is 0 Å². The Morgan fingerprint density at radius 2 is 1.33 bits per heavy atom. The highest BCUT2D eigenvalue weighted by Crippen LogP contribution is 2.33. The van der Waals surface area contributed by atoms with Crippen LogP contribution in [-0.4, -0.2) is 0 Å². The smallest absolute Gasteiger partial charge is 0.0233 e. The highest BCUT2D eigenvalue weighted by atomic mass is 14.3. The standard InChI is InChI=1S/C21H36/c1-3-7-19-14-16-21(17-15-19)9-6-5-8-20-12-10-18(4-2)11-13-20/h3,6-7,9,18-21H,4-5,8,10-17H2,1-2H3/t18-,19-,20-,21-. The Bertz CT molecular complexity index is 309. The Balaban J connectivity index is 1.57. The molecule has 0 nitrogen and oxygen atoms in total. The average molecular weight is 289 g/mol. The molecule has 0 N–H and O–H groups in total. The van der Waals surface area contributed by atoms with Crippen LogP contribution in [0.2, 0.25) is 0 Å². The molecule has 0 spiro atoms. The van der Waals surface area contributed by atoms with Crippen LogP contribution in [0.5, 0.6) is 0 Å². The monoisotopic (exact) mass is 288 g/mol. The molecule has 0 bridgehead atoms. The molecule has 21 heavy (non-hydrogen) atoms. The van der Waals surface area contributed by atoms with Crippen molar-refractivity contribution in [2.45, 2.75) is 84.5 Å². The molecule has 0 unspecified atom stereocenters. The van der Waals surface area contributed by atoms with Crippen molar-refractivity contribution in [2.24, 2.45) is 23.7 Å². The zero-order valence-electron chi connectivity index (χ0n) is 14.4. The third-order valence-electron chi connectivity index (χ3n) is 5.97. The lowest BCUT2D eigenvalue weighted by atomic mass is 9.79. The summed E-state index contributed by atoms with van der Waals surface area (Å²) in [5.41, 5.74) is 0. The number of allylic oxidation sites excluding steroid dienone is 4. The van der Waals surface area contributed by atoms with Crippen molar-refractivity contribution in [1.82, 2.24) is 0 Å². The van der Waals surface area contributed by atoms with Gasteiger partial charge in [-0.25, -0.2) is 0 Å². The summed E-state index contributed by atoms with van der Waals surface area (Å²) >= 11 is 0. The van der Waals surface area contributed by atoms with Crippen molar-refractivity contribution in [3.8, 4) is 0 Å². The molecule has 0 saturated heterocycles. The van der Waals surface area contributed by atoms with E-state index < -0.39 is 0 Å². The van der Waals surface area contributed by atoms with E-state index in [9.17, 15) is 0 Å². The second-order valence-electron chi connectivity index (χ2n) is 7.50. The van der Waals surface area contributed by atoms with Crippen molar-refractivity contribution in [3.05, 3.63) is 24.3 Å². The molecule has 0 radical (unpaired) electrons. The van der Waals surface area contributed by atoms with Gasteiger partial charge in [-0.2, -0.15) is 0 Å². The van der Waals surface area contributed by atoms with Crippen molar-refractivity contribution in [1.29, 1.82) is 0 Å². The maximum Gasteiger partial charge on any atom is -0.0233 e. The molecule has 0 aliphatic heterocycles. The Labute approximate surface area is 133 Å². The summed E-state index contributed by atoms with van der Waals surface area (Å²) in [5.74, 6) is 3.82. The lowest BCUT2D eigenvalue weighted by molar-refractivity contribution is 0.259. The van der Waals surface area contributed by atoms with E-state index in [-0.39, 0.29) is 0 Å². The van der Waals surface area contributed by atoms with E-state index in [0.717, 1.165) is 23.7 Å². The van der Waals surface area contributed by atoms with Crippen LogP contribution in [0.15, 0.2) is 24.3 Å². The fraction of sp³-hybridized carbons (Fsp3) is 0.810. The first kappa shape index (κ1) is 16.8. The molecule has 0 aromatic carbocycles. The van der Waals surface area contributed by atoms with Crippen LogP contribution in [0.3, 0.4) is 0 Å². The topological polar surface area (TPSA) is 0 Å². The Morgan fingerprint density at radius 3 is 1.90 bits per heavy atom. The van der Waals surface area contributed by atoms with Gasteiger partial charge in [-0.15, -0.1) is 0 Å². The maximum atomic E-state index is 2.55. The lowest BCUT2D eigenvalue weighted by Crippen LogP contribution is -2.13. The second kappa shape index (κ2) is 9.49. The molecule has 0 heteroatoms. The normalized spacial score (nSPS) is 34.8. The summed E-state index contributed by atoms with van der Waals surface area (Å²) in [6, 6.07) is 0. The number of hydrogen-bond acceptors (Lipinski definition) is 0. The van der Waals surface area contributed by atoms with E-state index in [4.69, 9.17) is 0 Å². The van der Waals surface area contributed by atoms with Crippen LogP contribution < -0.4 is 0 Å². The molecule has 0 amide bonds. The van der Waals surface area contributed by atoms with Gasteiger partial charge in [0.1, 0.15) is 0 Å². The molecule has 2 rings (SSSR count). The molecule has 0 atom stereocenters. The molecule has 0 aromatic rings. The van der Waals surface area contributed by atoms with Gasteiger partial charge in [0.25, 0.3) is 0 Å². The highest BCUT2D eigenvalue weighted by molar-refractivity contribution is 4.95. The van der Waals surface area contributed by atoms with Crippen molar-refractivity contribution in [3.63, 3.8) is 0 Å². The van der Waals surface area contributed by atoms with Crippen LogP contribution in [-0.2, 0) is 0 Å². The predicted molar refractivity (Wildman–Crippen MR) is 94.4 cm³/mol. The van der Waals surface area contributed by atoms with E-state index in [1.165, 1.54) is 70.6 Å². The van der Waals surface area contributed by atoms with E-state index in [0.29, 0.717) is 0 Å². The summed E-state index contributed by atoms with van der Waals surface area (Å²) in [7, 11) is 0. The molecule has 0 aromatic heterocycles. The van der Waals surface area contributed by atoms with Crippen LogP contribution in [0.25, 0.3) is 0 Å². The van der Waals surface area contributed by atoms with Crippen molar-refractivity contribution in [2.75, 3.05) is 0 Å². The Morgan fingerprint density at radius 1 is 0.762 bits per heavy atom. The molecule has 2 saturated carbocycles. The van der Waals surface area contributed by atoms with Crippen LogP contribution in [0.4, 0.5) is 0 Å². The minimum atomic E-state index is 0.869. The first-order valence-corrected chi connectivity index (χ1v) is 9.61. The van der Waals surface area contributed by atoms with Crippen molar-refractivity contribution < 1.29 is 0 Å². The average Bonchev–Trinajstić information content (AvgIpc) is 2.54. The lowest BCUT2D eigenvalue weighted by Gasteiger charge is -2.27. The quantitative estimate of drug-likeness (QED) is 0.465. The third-order valence-corrected chi connectivity index (χ3v) is 5.97. The van der Waals surface area contributed by atoms with E-state index in [1.807, 2.05) is 0 Å².